The first-order chi connectivity index (χ1) is 12.7. The Labute approximate surface area is 162 Å². The van der Waals surface area contributed by atoms with Crippen molar-refractivity contribution in [3.05, 3.63) is 47.2 Å². The van der Waals surface area contributed by atoms with Gasteiger partial charge in [-0.3, -0.25) is 14.6 Å². The van der Waals surface area contributed by atoms with E-state index in [2.05, 4.69) is 39.8 Å². The highest BCUT2D eigenvalue weighted by atomic mass is 16.1. The summed E-state index contributed by atoms with van der Waals surface area (Å²) in [4.78, 5) is 31.2. The lowest BCUT2D eigenvalue weighted by Crippen LogP contribution is -2.47. The molecule has 3 heteroatoms. The second-order valence-corrected chi connectivity index (χ2v) is 10.2. The molecule has 0 bridgehead atoms. The summed E-state index contributed by atoms with van der Waals surface area (Å²) in [5, 5.41) is 0. The zero-order valence-corrected chi connectivity index (χ0v) is 16.8. The molecule has 2 atom stereocenters. The Bertz CT molecular complexity index is 858. The SMILES string of the molecule is CC1(C)CC(=O)C2C(=NC3=C(C(=O)CC(C)(C)C3)[C@@H]2Cc2ccccc2)C1. The van der Waals surface area contributed by atoms with Crippen LogP contribution in [0.2, 0.25) is 0 Å². The summed E-state index contributed by atoms with van der Waals surface area (Å²) >= 11 is 0. The van der Waals surface area contributed by atoms with Crippen LogP contribution in [0.4, 0.5) is 0 Å². The van der Waals surface area contributed by atoms with E-state index in [0.29, 0.717) is 12.8 Å². The van der Waals surface area contributed by atoms with Gasteiger partial charge in [-0.05, 0) is 35.7 Å². The lowest BCUT2D eigenvalue weighted by molar-refractivity contribution is -0.125. The molecule has 3 aliphatic rings. The molecule has 1 aliphatic heterocycles. The number of aliphatic imine (C=N–C) groups is 1. The lowest BCUT2D eigenvalue weighted by Gasteiger charge is -2.44. The van der Waals surface area contributed by atoms with Gasteiger partial charge in [0.1, 0.15) is 5.78 Å². The van der Waals surface area contributed by atoms with Crippen molar-refractivity contribution in [3.8, 4) is 0 Å². The minimum absolute atomic E-state index is 0.0457. The third-order valence-corrected chi connectivity index (χ3v) is 6.26. The standard InChI is InChI=1S/C24H29NO2/c1-23(2)11-17-21(19(26)13-23)16(10-15-8-6-5-7-9-15)22-18(25-17)12-24(3,4)14-20(22)27/h5-9,16,21H,10-14H2,1-4H3/t16-,21?/m1/s1. The molecule has 0 saturated heterocycles. The number of Topliss-reactive ketones (excluding diaryl/α,β-unsaturated/α-hetero) is 2. The van der Waals surface area contributed by atoms with Crippen molar-refractivity contribution in [1.82, 2.24) is 0 Å². The third-order valence-electron chi connectivity index (χ3n) is 6.26. The zero-order valence-electron chi connectivity index (χ0n) is 16.8. The van der Waals surface area contributed by atoms with Crippen molar-refractivity contribution in [2.75, 3.05) is 0 Å². The van der Waals surface area contributed by atoms with Crippen LogP contribution in [0.3, 0.4) is 0 Å². The molecular formula is C24H29NO2. The largest absolute Gasteiger partial charge is 0.299 e. The topological polar surface area (TPSA) is 46.5 Å². The van der Waals surface area contributed by atoms with E-state index in [1.807, 2.05) is 18.2 Å². The van der Waals surface area contributed by atoms with Crippen LogP contribution in [0.1, 0.15) is 58.9 Å². The predicted molar refractivity (Wildman–Crippen MR) is 108 cm³/mol. The van der Waals surface area contributed by atoms with Crippen LogP contribution >= 0.6 is 0 Å². The molecule has 1 unspecified atom stereocenters. The maximum absolute atomic E-state index is 13.1. The number of hydrogen-bond acceptors (Lipinski definition) is 3. The summed E-state index contributed by atoms with van der Waals surface area (Å²) in [6, 6.07) is 10.3. The van der Waals surface area contributed by atoms with Gasteiger partial charge < -0.3 is 0 Å². The molecule has 3 nitrogen and oxygen atoms in total. The highest BCUT2D eigenvalue weighted by molar-refractivity contribution is 6.12. The summed E-state index contributed by atoms with van der Waals surface area (Å²) < 4.78 is 0. The van der Waals surface area contributed by atoms with Crippen molar-refractivity contribution in [3.63, 3.8) is 0 Å². The van der Waals surface area contributed by atoms with Gasteiger partial charge in [-0.25, -0.2) is 0 Å². The van der Waals surface area contributed by atoms with E-state index in [9.17, 15) is 9.59 Å². The van der Waals surface area contributed by atoms with Crippen LogP contribution in [-0.4, -0.2) is 17.3 Å². The van der Waals surface area contributed by atoms with E-state index >= 15 is 0 Å². The zero-order chi connectivity index (χ0) is 19.4. The Morgan fingerprint density at radius 1 is 0.926 bits per heavy atom. The highest BCUT2D eigenvalue weighted by Crippen LogP contribution is 2.49. The van der Waals surface area contributed by atoms with E-state index in [1.54, 1.807) is 0 Å². The van der Waals surface area contributed by atoms with Crippen molar-refractivity contribution in [1.29, 1.82) is 0 Å². The van der Waals surface area contributed by atoms with Crippen molar-refractivity contribution in [2.24, 2.45) is 27.7 Å². The summed E-state index contributed by atoms with van der Waals surface area (Å²) in [6.45, 7) is 8.58. The van der Waals surface area contributed by atoms with Crippen LogP contribution in [-0.2, 0) is 16.0 Å². The Kier molecular flexibility index (Phi) is 4.25. The quantitative estimate of drug-likeness (QED) is 0.746. The van der Waals surface area contributed by atoms with Gasteiger partial charge in [-0.15, -0.1) is 0 Å². The van der Waals surface area contributed by atoms with Crippen LogP contribution in [0.25, 0.3) is 0 Å². The maximum Gasteiger partial charge on any atom is 0.161 e. The van der Waals surface area contributed by atoms with Crippen molar-refractivity contribution in [2.45, 2.75) is 59.8 Å². The van der Waals surface area contributed by atoms with Crippen molar-refractivity contribution < 1.29 is 9.59 Å². The number of carbonyl (C=O) groups excluding carboxylic acids is 2. The third kappa shape index (κ3) is 3.44. The summed E-state index contributed by atoms with van der Waals surface area (Å²) in [5.74, 6) is 0.182. The Morgan fingerprint density at radius 2 is 1.59 bits per heavy atom. The number of allylic oxidation sites excluding steroid dienone is 2. The number of rotatable bonds is 2. The van der Waals surface area contributed by atoms with Gasteiger partial charge in [0.15, 0.2) is 5.78 Å². The van der Waals surface area contributed by atoms with E-state index < -0.39 is 0 Å². The molecule has 27 heavy (non-hydrogen) atoms. The molecule has 0 aromatic heterocycles. The van der Waals surface area contributed by atoms with Crippen molar-refractivity contribution >= 4 is 17.3 Å². The summed E-state index contributed by atoms with van der Waals surface area (Å²) in [5.41, 5.74) is 3.90. The van der Waals surface area contributed by atoms with Gasteiger partial charge in [-0.2, -0.15) is 0 Å². The van der Waals surface area contributed by atoms with Gasteiger partial charge in [-0.1, -0.05) is 58.0 Å². The van der Waals surface area contributed by atoms with Crippen LogP contribution in [0.15, 0.2) is 46.6 Å². The number of carbonyl (C=O) groups is 2. The smallest absolute Gasteiger partial charge is 0.161 e. The number of hydrogen-bond donors (Lipinski definition) is 0. The molecule has 4 rings (SSSR count). The fraction of sp³-hybridized carbons (Fsp3) is 0.542. The second kappa shape index (κ2) is 6.25. The first-order valence-corrected chi connectivity index (χ1v) is 10.1. The van der Waals surface area contributed by atoms with Crippen LogP contribution < -0.4 is 0 Å². The Morgan fingerprint density at radius 3 is 2.30 bits per heavy atom. The fourth-order valence-corrected chi connectivity index (χ4v) is 5.25. The van der Waals surface area contributed by atoms with E-state index in [1.165, 1.54) is 5.56 Å². The van der Waals surface area contributed by atoms with Gasteiger partial charge in [0.25, 0.3) is 0 Å². The second-order valence-electron chi connectivity index (χ2n) is 10.2. The van der Waals surface area contributed by atoms with Gasteiger partial charge in [0, 0.05) is 35.7 Å². The molecule has 1 aromatic carbocycles. The van der Waals surface area contributed by atoms with E-state index in [4.69, 9.17) is 4.99 Å². The molecule has 1 aromatic rings. The number of benzene rings is 1. The van der Waals surface area contributed by atoms with E-state index in [-0.39, 0.29) is 34.2 Å². The number of ketones is 2. The van der Waals surface area contributed by atoms with Crippen LogP contribution in [0, 0.1) is 22.7 Å². The molecule has 0 amide bonds. The Balaban J connectivity index is 1.81. The fourth-order valence-electron chi connectivity index (χ4n) is 5.25. The van der Waals surface area contributed by atoms with Gasteiger partial charge in [0.2, 0.25) is 0 Å². The minimum atomic E-state index is -0.220. The molecular weight excluding hydrogens is 334 g/mol. The molecule has 0 radical (unpaired) electrons. The number of nitrogens with zero attached hydrogens (tertiary/aromatic N) is 1. The Hall–Kier alpha value is -2.03. The summed E-state index contributed by atoms with van der Waals surface area (Å²) in [7, 11) is 0. The highest BCUT2D eigenvalue weighted by Gasteiger charge is 2.49. The first-order valence-electron chi connectivity index (χ1n) is 10.1. The molecule has 0 spiro atoms. The van der Waals surface area contributed by atoms with E-state index in [0.717, 1.165) is 36.2 Å². The minimum Gasteiger partial charge on any atom is -0.299 e. The number of fused-ring (bicyclic) bond motifs is 1. The average Bonchev–Trinajstić information content (AvgIpc) is 2.52. The molecule has 2 aliphatic carbocycles. The molecule has 0 N–H and O–H groups in total. The van der Waals surface area contributed by atoms with Crippen LogP contribution in [0.5, 0.6) is 0 Å². The molecule has 1 heterocycles. The van der Waals surface area contributed by atoms with Gasteiger partial charge >= 0.3 is 0 Å². The average molecular weight is 364 g/mol. The maximum atomic E-state index is 13.1. The lowest BCUT2D eigenvalue weighted by atomic mass is 9.61. The van der Waals surface area contributed by atoms with Gasteiger partial charge in [0.05, 0.1) is 5.92 Å². The summed E-state index contributed by atoms with van der Waals surface area (Å²) in [6.07, 6.45) is 3.53. The first kappa shape index (κ1) is 18.3. The normalized spacial score (nSPS) is 29.1. The monoisotopic (exact) mass is 363 g/mol. The molecule has 1 saturated carbocycles. The molecule has 1 fully saturated rings. The molecule has 142 valence electrons. The predicted octanol–water partition coefficient (Wildman–Crippen LogP) is 4.95.